The molecule has 0 aromatic heterocycles. The van der Waals surface area contributed by atoms with Gasteiger partial charge in [0.1, 0.15) is 5.75 Å². The Balaban J connectivity index is 0.00000225. The van der Waals surface area contributed by atoms with Crippen molar-refractivity contribution >= 4 is 18.3 Å². The first-order chi connectivity index (χ1) is 11.6. The Hall–Kier alpha value is -1.26. The van der Waals surface area contributed by atoms with Crippen LogP contribution >= 0.6 is 12.4 Å². The molecule has 4 nitrogen and oxygen atoms in total. The Labute approximate surface area is 157 Å². The Morgan fingerprint density at radius 2 is 1.96 bits per heavy atom. The van der Waals surface area contributed by atoms with E-state index in [2.05, 4.69) is 17.4 Å². The number of nitrogens with one attached hydrogen (secondary N) is 1. The van der Waals surface area contributed by atoms with Crippen LogP contribution in [0.3, 0.4) is 0 Å². The van der Waals surface area contributed by atoms with Crippen LogP contribution in [0.25, 0.3) is 0 Å². The fourth-order valence-electron chi connectivity index (χ4n) is 4.54. The van der Waals surface area contributed by atoms with E-state index >= 15 is 0 Å². The number of benzene rings is 1. The molecule has 5 heteroatoms. The number of hydrogen-bond donors (Lipinski definition) is 2. The molecule has 2 aliphatic rings. The minimum Gasteiger partial charge on any atom is -0.496 e. The van der Waals surface area contributed by atoms with E-state index in [9.17, 15) is 4.79 Å². The molecule has 140 valence electrons. The summed E-state index contributed by atoms with van der Waals surface area (Å²) in [7, 11) is 1.73. The highest BCUT2D eigenvalue weighted by molar-refractivity contribution is 5.85. The van der Waals surface area contributed by atoms with Crippen molar-refractivity contribution in [2.75, 3.05) is 13.7 Å². The van der Waals surface area contributed by atoms with Crippen molar-refractivity contribution in [1.29, 1.82) is 0 Å². The van der Waals surface area contributed by atoms with E-state index in [1.807, 2.05) is 12.1 Å². The molecule has 0 aliphatic heterocycles. The fourth-order valence-corrected chi connectivity index (χ4v) is 4.54. The van der Waals surface area contributed by atoms with Gasteiger partial charge in [-0.05, 0) is 38.2 Å². The summed E-state index contributed by atoms with van der Waals surface area (Å²) in [6, 6.07) is 8.45. The van der Waals surface area contributed by atoms with Crippen molar-refractivity contribution in [1.82, 2.24) is 5.32 Å². The van der Waals surface area contributed by atoms with E-state index in [4.69, 9.17) is 10.5 Å². The predicted octanol–water partition coefficient (Wildman–Crippen LogP) is 3.56. The van der Waals surface area contributed by atoms with Crippen LogP contribution in [0.4, 0.5) is 0 Å². The molecular formula is C20H31ClN2O2. The summed E-state index contributed by atoms with van der Waals surface area (Å²) in [5, 5.41) is 3.26. The van der Waals surface area contributed by atoms with Gasteiger partial charge in [-0.1, -0.05) is 37.5 Å². The van der Waals surface area contributed by atoms with Gasteiger partial charge in [-0.3, -0.25) is 4.79 Å². The van der Waals surface area contributed by atoms with Gasteiger partial charge in [0.05, 0.1) is 7.11 Å². The maximum Gasteiger partial charge on any atom is 0.223 e. The molecule has 1 aromatic carbocycles. The van der Waals surface area contributed by atoms with Gasteiger partial charge in [-0.25, -0.2) is 0 Å². The Morgan fingerprint density at radius 1 is 1.24 bits per heavy atom. The van der Waals surface area contributed by atoms with Gasteiger partial charge in [-0.2, -0.15) is 0 Å². The number of para-hydroxylation sites is 1. The lowest BCUT2D eigenvalue weighted by atomic mass is 9.78. The second-order valence-electron chi connectivity index (χ2n) is 7.53. The first-order valence-electron chi connectivity index (χ1n) is 9.31. The molecule has 2 aliphatic carbocycles. The Morgan fingerprint density at radius 3 is 2.64 bits per heavy atom. The highest BCUT2D eigenvalue weighted by Crippen LogP contribution is 2.44. The molecule has 2 atom stereocenters. The first kappa shape index (κ1) is 20.1. The zero-order valence-electron chi connectivity index (χ0n) is 15.1. The number of ether oxygens (including phenoxy) is 1. The number of carbonyl (C=O) groups is 1. The molecule has 0 spiro atoms. The zero-order chi connectivity index (χ0) is 17.0. The number of hydrogen-bond acceptors (Lipinski definition) is 3. The first-order valence-corrected chi connectivity index (χ1v) is 9.31. The smallest absolute Gasteiger partial charge is 0.223 e. The second-order valence-corrected chi connectivity index (χ2v) is 7.53. The molecule has 2 saturated carbocycles. The summed E-state index contributed by atoms with van der Waals surface area (Å²) in [5.74, 6) is 1.21. The van der Waals surface area contributed by atoms with Crippen LogP contribution < -0.4 is 15.8 Å². The van der Waals surface area contributed by atoms with Crippen molar-refractivity contribution in [2.45, 2.75) is 62.8 Å². The van der Waals surface area contributed by atoms with Gasteiger partial charge in [0.2, 0.25) is 5.91 Å². The monoisotopic (exact) mass is 366 g/mol. The van der Waals surface area contributed by atoms with E-state index in [1.54, 1.807) is 7.11 Å². The number of rotatable bonds is 5. The van der Waals surface area contributed by atoms with E-state index < -0.39 is 0 Å². The van der Waals surface area contributed by atoms with Crippen molar-refractivity contribution in [3.8, 4) is 5.75 Å². The van der Waals surface area contributed by atoms with Gasteiger partial charge >= 0.3 is 0 Å². The van der Waals surface area contributed by atoms with Gasteiger partial charge in [0.25, 0.3) is 0 Å². The van der Waals surface area contributed by atoms with Crippen LogP contribution in [-0.2, 0) is 10.2 Å². The van der Waals surface area contributed by atoms with Crippen LogP contribution in [-0.4, -0.2) is 25.6 Å². The van der Waals surface area contributed by atoms with Crippen LogP contribution in [0.1, 0.15) is 56.9 Å². The molecule has 0 bridgehead atoms. The maximum absolute atomic E-state index is 12.6. The third-order valence-electron chi connectivity index (χ3n) is 5.93. The Kier molecular flexibility index (Phi) is 7.14. The fraction of sp³-hybridized carbons (Fsp3) is 0.650. The van der Waals surface area contributed by atoms with Gasteiger partial charge < -0.3 is 15.8 Å². The molecular weight excluding hydrogens is 336 g/mol. The summed E-state index contributed by atoms with van der Waals surface area (Å²) < 4.78 is 5.59. The third-order valence-corrected chi connectivity index (χ3v) is 5.93. The third kappa shape index (κ3) is 4.48. The molecule has 2 unspecified atom stereocenters. The second kappa shape index (κ2) is 8.91. The number of carbonyl (C=O) groups excluding carboxylic acids is 1. The van der Waals surface area contributed by atoms with Crippen LogP contribution in [0.15, 0.2) is 24.3 Å². The molecule has 1 aromatic rings. The molecule has 2 fully saturated rings. The van der Waals surface area contributed by atoms with E-state index in [1.165, 1.54) is 18.4 Å². The van der Waals surface area contributed by atoms with Crippen molar-refractivity contribution in [2.24, 2.45) is 11.7 Å². The zero-order valence-corrected chi connectivity index (χ0v) is 15.9. The van der Waals surface area contributed by atoms with Crippen molar-refractivity contribution in [3.63, 3.8) is 0 Å². The van der Waals surface area contributed by atoms with E-state index in [-0.39, 0.29) is 35.7 Å². The summed E-state index contributed by atoms with van der Waals surface area (Å²) in [6.07, 6.45) is 8.56. The van der Waals surface area contributed by atoms with Crippen LogP contribution in [0, 0.1) is 5.92 Å². The highest BCUT2D eigenvalue weighted by Gasteiger charge is 2.38. The normalized spacial score (nSPS) is 25.0. The number of methoxy groups -OCH3 is 1. The predicted molar refractivity (Wildman–Crippen MR) is 103 cm³/mol. The minimum atomic E-state index is 0. The molecule has 0 saturated heterocycles. The number of amides is 1. The van der Waals surface area contributed by atoms with E-state index in [0.29, 0.717) is 6.54 Å². The number of nitrogens with two attached hydrogens (primary N) is 1. The van der Waals surface area contributed by atoms with Gasteiger partial charge in [-0.15, -0.1) is 12.4 Å². The van der Waals surface area contributed by atoms with Crippen molar-refractivity contribution in [3.05, 3.63) is 29.8 Å². The molecule has 3 rings (SSSR count). The van der Waals surface area contributed by atoms with E-state index in [0.717, 1.165) is 44.3 Å². The maximum atomic E-state index is 12.6. The molecule has 0 radical (unpaired) electrons. The topological polar surface area (TPSA) is 64.3 Å². The highest BCUT2D eigenvalue weighted by atomic mass is 35.5. The Bertz CT molecular complexity index is 573. The van der Waals surface area contributed by atoms with Gasteiger partial charge in [0.15, 0.2) is 0 Å². The lowest BCUT2D eigenvalue weighted by Crippen LogP contribution is -2.43. The molecule has 25 heavy (non-hydrogen) atoms. The SMILES string of the molecule is COc1ccccc1C1(CNC(=O)C2CCCC(N)C2)CCCC1.Cl. The summed E-state index contributed by atoms with van der Waals surface area (Å²) in [6.45, 7) is 0.706. The summed E-state index contributed by atoms with van der Waals surface area (Å²) in [5.41, 5.74) is 7.29. The quantitative estimate of drug-likeness (QED) is 0.837. The largest absolute Gasteiger partial charge is 0.496 e. The van der Waals surface area contributed by atoms with Gasteiger partial charge in [0, 0.05) is 29.5 Å². The van der Waals surface area contributed by atoms with Crippen LogP contribution in [0.5, 0.6) is 5.75 Å². The average Bonchev–Trinajstić information content (AvgIpc) is 3.09. The van der Waals surface area contributed by atoms with Crippen LogP contribution in [0.2, 0.25) is 0 Å². The summed E-state index contributed by atoms with van der Waals surface area (Å²) in [4.78, 5) is 12.6. The van der Waals surface area contributed by atoms with Crippen molar-refractivity contribution < 1.29 is 9.53 Å². The summed E-state index contributed by atoms with van der Waals surface area (Å²) >= 11 is 0. The lowest BCUT2D eigenvalue weighted by Gasteiger charge is -2.33. The molecule has 1 amide bonds. The number of halogens is 1. The lowest BCUT2D eigenvalue weighted by molar-refractivity contribution is -0.126. The average molecular weight is 367 g/mol. The molecule has 3 N–H and O–H groups in total. The molecule has 0 heterocycles. The minimum absolute atomic E-state index is 0. The standard InChI is InChI=1S/C20H30N2O2.ClH/c1-24-18-10-3-2-9-17(18)20(11-4-5-12-20)14-22-19(23)15-7-6-8-16(21)13-15;/h2-3,9-10,15-16H,4-8,11-14,21H2,1H3,(H,22,23);1H.